The molecule has 1 heterocycles. The number of nitrogens with one attached hydrogen (secondary N) is 1. The number of anilines is 3. The molecule has 0 bridgehead atoms. The summed E-state index contributed by atoms with van der Waals surface area (Å²) >= 11 is 0. The smallest absolute Gasteiger partial charge is 0.224 e. The molecule has 0 atom stereocenters. The average Bonchev–Trinajstić information content (AvgIpc) is 2.37. The summed E-state index contributed by atoms with van der Waals surface area (Å²) in [7, 11) is 2.05. The first-order valence-electron chi connectivity index (χ1n) is 6.81. The molecule has 0 aromatic heterocycles. The number of nitrogen functional groups attached to an aromatic ring is 1. The Morgan fingerprint density at radius 1 is 1.37 bits per heavy atom. The van der Waals surface area contributed by atoms with Gasteiger partial charge in [0.15, 0.2) is 0 Å². The maximum absolute atomic E-state index is 11.5. The lowest BCUT2D eigenvalue weighted by molar-refractivity contribution is -0.116. The summed E-state index contributed by atoms with van der Waals surface area (Å²) in [5.41, 5.74) is 9.99. The molecule has 3 N–H and O–H groups in total. The van der Waals surface area contributed by atoms with E-state index in [0.717, 1.165) is 35.5 Å². The minimum Gasteiger partial charge on any atom is -0.397 e. The van der Waals surface area contributed by atoms with Crippen molar-refractivity contribution in [1.82, 2.24) is 0 Å². The van der Waals surface area contributed by atoms with Crippen molar-refractivity contribution in [1.29, 1.82) is 0 Å². The van der Waals surface area contributed by atoms with Crippen molar-refractivity contribution in [3.63, 3.8) is 0 Å². The predicted octanol–water partition coefficient (Wildman–Crippen LogP) is 2.78. The molecule has 1 amide bonds. The van der Waals surface area contributed by atoms with Gasteiger partial charge in [-0.15, -0.1) is 0 Å². The predicted molar refractivity (Wildman–Crippen MR) is 80.6 cm³/mol. The van der Waals surface area contributed by atoms with E-state index in [1.54, 1.807) is 0 Å². The van der Waals surface area contributed by atoms with E-state index in [9.17, 15) is 4.79 Å². The molecule has 0 aliphatic carbocycles. The highest BCUT2D eigenvalue weighted by Gasteiger charge is 2.25. The van der Waals surface area contributed by atoms with E-state index in [2.05, 4.69) is 31.0 Å². The Morgan fingerprint density at radius 3 is 2.68 bits per heavy atom. The number of hydrogen-bond donors (Lipinski definition) is 2. The number of amides is 1. The fraction of sp³-hybridized carbons (Fsp3) is 0.533. The van der Waals surface area contributed by atoms with Crippen LogP contribution in [0.3, 0.4) is 0 Å². The summed E-state index contributed by atoms with van der Waals surface area (Å²) in [6.45, 7) is 6.53. The van der Waals surface area contributed by atoms with E-state index in [1.807, 2.05) is 19.2 Å². The van der Waals surface area contributed by atoms with Gasteiger partial charge in [0, 0.05) is 24.7 Å². The number of hydrogen-bond acceptors (Lipinski definition) is 3. The Balaban J connectivity index is 2.42. The molecule has 0 unspecified atom stereocenters. The van der Waals surface area contributed by atoms with Crippen molar-refractivity contribution >= 4 is 23.0 Å². The fourth-order valence-electron chi connectivity index (χ4n) is 2.29. The highest BCUT2D eigenvalue weighted by molar-refractivity contribution is 5.95. The van der Waals surface area contributed by atoms with E-state index >= 15 is 0 Å². The molecule has 1 aliphatic rings. The molecule has 1 aliphatic heterocycles. The van der Waals surface area contributed by atoms with Gasteiger partial charge in [0.2, 0.25) is 5.91 Å². The Bertz CT molecular complexity index is 508. The second kappa shape index (κ2) is 4.76. The number of aryl methyl sites for hydroxylation is 1. The third-order valence-corrected chi connectivity index (χ3v) is 4.28. The van der Waals surface area contributed by atoms with Crippen LogP contribution in [0, 0.1) is 0 Å². The van der Waals surface area contributed by atoms with Crippen LogP contribution in [0.4, 0.5) is 17.1 Å². The number of carbonyl (C=O) groups is 1. The van der Waals surface area contributed by atoms with Gasteiger partial charge < -0.3 is 16.0 Å². The van der Waals surface area contributed by atoms with Crippen LogP contribution in [-0.2, 0) is 11.2 Å². The molecule has 0 saturated carbocycles. The zero-order chi connectivity index (χ0) is 14.2. The lowest BCUT2D eigenvalue weighted by Gasteiger charge is -2.38. The Kier molecular flexibility index (Phi) is 3.43. The molecule has 2 rings (SSSR count). The first-order valence-corrected chi connectivity index (χ1v) is 6.81. The fourth-order valence-corrected chi connectivity index (χ4v) is 2.29. The molecule has 1 aromatic rings. The van der Waals surface area contributed by atoms with Gasteiger partial charge in [-0.25, -0.2) is 0 Å². The third kappa shape index (κ3) is 2.53. The van der Waals surface area contributed by atoms with Gasteiger partial charge in [-0.1, -0.05) is 6.92 Å². The summed E-state index contributed by atoms with van der Waals surface area (Å²) in [5.74, 6) is 0.0839. The molecule has 0 saturated heterocycles. The molecular formula is C15H23N3O. The van der Waals surface area contributed by atoms with Crippen LogP contribution in [0.1, 0.15) is 39.2 Å². The van der Waals surface area contributed by atoms with Crippen LogP contribution in [0.25, 0.3) is 0 Å². The molecule has 0 spiro atoms. The van der Waals surface area contributed by atoms with Gasteiger partial charge in [-0.3, -0.25) is 4.79 Å². The van der Waals surface area contributed by atoms with Gasteiger partial charge in [0.25, 0.3) is 0 Å². The second-order valence-corrected chi connectivity index (χ2v) is 5.84. The third-order valence-electron chi connectivity index (χ3n) is 4.28. The Labute approximate surface area is 115 Å². The maximum Gasteiger partial charge on any atom is 0.224 e. The molecule has 4 heteroatoms. The summed E-state index contributed by atoms with van der Waals surface area (Å²) in [5, 5.41) is 2.93. The zero-order valence-corrected chi connectivity index (χ0v) is 12.2. The summed E-state index contributed by atoms with van der Waals surface area (Å²) in [6, 6.07) is 3.99. The number of nitrogens with two attached hydrogens (primary N) is 1. The number of carbonyl (C=O) groups excluding carboxylic acids is 1. The lowest BCUT2D eigenvalue weighted by atomic mass is 9.96. The van der Waals surface area contributed by atoms with Crippen molar-refractivity contribution in [2.75, 3.05) is 23.0 Å². The Hall–Kier alpha value is -1.71. The molecular weight excluding hydrogens is 238 g/mol. The second-order valence-electron chi connectivity index (χ2n) is 5.84. The highest BCUT2D eigenvalue weighted by Crippen LogP contribution is 2.36. The number of rotatable bonds is 3. The molecule has 1 aromatic carbocycles. The number of benzene rings is 1. The molecule has 19 heavy (non-hydrogen) atoms. The van der Waals surface area contributed by atoms with Crippen molar-refractivity contribution in [3.05, 3.63) is 17.7 Å². The summed E-state index contributed by atoms with van der Waals surface area (Å²) < 4.78 is 0. The molecule has 104 valence electrons. The minimum absolute atomic E-state index is 0.0288. The van der Waals surface area contributed by atoms with E-state index in [0.29, 0.717) is 6.42 Å². The van der Waals surface area contributed by atoms with Gasteiger partial charge in [-0.2, -0.15) is 0 Å². The van der Waals surface area contributed by atoms with Gasteiger partial charge >= 0.3 is 0 Å². The molecule has 0 fully saturated rings. The van der Waals surface area contributed by atoms with E-state index in [4.69, 9.17) is 5.73 Å². The van der Waals surface area contributed by atoms with E-state index in [1.165, 1.54) is 0 Å². The van der Waals surface area contributed by atoms with E-state index in [-0.39, 0.29) is 11.4 Å². The van der Waals surface area contributed by atoms with Crippen LogP contribution >= 0.6 is 0 Å². The van der Waals surface area contributed by atoms with Crippen LogP contribution in [0.15, 0.2) is 12.1 Å². The number of fused-ring (bicyclic) bond motifs is 1. The summed E-state index contributed by atoms with van der Waals surface area (Å²) in [6.07, 6.45) is 2.33. The van der Waals surface area contributed by atoms with Crippen molar-refractivity contribution < 1.29 is 4.79 Å². The van der Waals surface area contributed by atoms with Crippen LogP contribution in [-0.4, -0.2) is 18.5 Å². The topological polar surface area (TPSA) is 58.4 Å². The normalized spacial score (nSPS) is 14.8. The summed E-state index contributed by atoms with van der Waals surface area (Å²) in [4.78, 5) is 13.7. The van der Waals surface area contributed by atoms with Gasteiger partial charge in [-0.05, 0) is 44.4 Å². The first-order chi connectivity index (χ1) is 8.85. The molecule has 0 radical (unpaired) electrons. The van der Waals surface area contributed by atoms with Crippen molar-refractivity contribution in [2.45, 2.75) is 45.6 Å². The van der Waals surface area contributed by atoms with Crippen molar-refractivity contribution in [2.24, 2.45) is 0 Å². The number of nitrogens with zero attached hydrogens (tertiary/aromatic N) is 1. The van der Waals surface area contributed by atoms with E-state index < -0.39 is 0 Å². The lowest BCUT2D eigenvalue weighted by Crippen LogP contribution is -2.41. The standard InChI is InChI=1S/C15H23N3O/c1-5-15(2,3)18(4)13-9-12-10(8-11(13)16)6-7-14(19)17-12/h8-9H,5-7,16H2,1-4H3,(H,17,19). The monoisotopic (exact) mass is 261 g/mol. The first kappa shape index (κ1) is 13.7. The SMILES string of the molecule is CCC(C)(C)N(C)c1cc2c(cc1N)CCC(=O)N2. The minimum atomic E-state index is 0.0288. The van der Waals surface area contributed by atoms with Gasteiger partial charge in [0.1, 0.15) is 0 Å². The largest absolute Gasteiger partial charge is 0.397 e. The highest BCUT2D eigenvalue weighted by atomic mass is 16.1. The van der Waals surface area contributed by atoms with Crippen molar-refractivity contribution in [3.8, 4) is 0 Å². The Morgan fingerprint density at radius 2 is 2.05 bits per heavy atom. The molecule has 4 nitrogen and oxygen atoms in total. The zero-order valence-electron chi connectivity index (χ0n) is 12.2. The van der Waals surface area contributed by atoms with Crippen LogP contribution < -0.4 is 16.0 Å². The van der Waals surface area contributed by atoms with Gasteiger partial charge in [0.05, 0.1) is 11.4 Å². The van der Waals surface area contributed by atoms with Crippen LogP contribution in [0.5, 0.6) is 0 Å². The van der Waals surface area contributed by atoms with Crippen LogP contribution in [0.2, 0.25) is 0 Å². The maximum atomic E-state index is 11.5. The average molecular weight is 261 g/mol. The quantitative estimate of drug-likeness (QED) is 0.823.